The van der Waals surface area contributed by atoms with Gasteiger partial charge < -0.3 is 9.64 Å². The first kappa shape index (κ1) is 21.0. The molecule has 0 N–H and O–H groups in total. The molecule has 1 aliphatic rings. The number of hydrogen-bond acceptors (Lipinski definition) is 4. The van der Waals surface area contributed by atoms with E-state index >= 15 is 0 Å². The maximum Gasteiger partial charge on any atom is 0.183 e. The maximum atomic E-state index is 13.7. The molecule has 5 heteroatoms. The number of halogens is 1. The highest BCUT2D eigenvalue weighted by molar-refractivity contribution is 9.10. The van der Waals surface area contributed by atoms with Crippen LogP contribution in [-0.2, 0) is 11.2 Å². The Kier molecular flexibility index (Phi) is 6.91. The Bertz CT molecular complexity index is 801. The van der Waals surface area contributed by atoms with Gasteiger partial charge in [0.05, 0.1) is 18.8 Å². The molecule has 1 saturated heterocycles. The van der Waals surface area contributed by atoms with Crippen LogP contribution in [0, 0.1) is 0 Å². The fourth-order valence-corrected chi connectivity index (χ4v) is 4.34. The second-order valence-corrected chi connectivity index (χ2v) is 8.38. The van der Waals surface area contributed by atoms with E-state index in [1.54, 1.807) is 0 Å². The minimum atomic E-state index is -0.579. The third kappa shape index (κ3) is 4.32. The van der Waals surface area contributed by atoms with Crippen molar-refractivity contribution < 1.29 is 9.53 Å². The lowest BCUT2D eigenvalue weighted by Crippen LogP contribution is -2.52. The van der Waals surface area contributed by atoms with Crippen molar-refractivity contribution >= 4 is 27.4 Å². The van der Waals surface area contributed by atoms with E-state index in [2.05, 4.69) is 50.9 Å². The Labute approximate surface area is 176 Å². The Hall–Kier alpha value is -1.69. The van der Waals surface area contributed by atoms with E-state index in [-0.39, 0.29) is 5.78 Å². The van der Waals surface area contributed by atoms with Gasteiger partial charge in [-0.05, 0) is 62.8 Å². The van der Waals surface area contributed by atoms with E-state index in [0.29, 0.717) is 6.42 Å². The van der Waals surface area contributed by atoms with Crippen LogP contribution in [0.15, 0.2) is 53.0 Å². The third-order valence-electron chi connectivity index (χ3n) is 5.81. The van der Waals surface area contributed by atoms with Crippen LogP contribution < -0.4 is 4.90 Å². The van der Waals surface area contributed by atoms with Crippen LogP contribution >= 0.6 is 15.9 Å². The molecular weight excluding hydrogens is 416 g/mol. The molecule has 1 aliphatic heterocycles. The molecule has 0 bridgehead atoms. The number of ether oxygens (including phenoxy) is 1. The Morgan fingerprint density at radius 2 is 1.75 bits per heavy atom. The first-order valence-electron chi connectivity index (χ1n) is 9.86. The summed E-state index contributed by atoms with van der Waals surface area (Å²) in [6.07, 6.45) is 1.41. The molecule has 1 fully saturated rings. The number of ketones is 1. The number of anilines is 1. The van der Waals surface area contributed by atoms with Crippen molar-refractivity contribution in [3.63, 3.8) is 0 Å². The van der Waals surface area contributed by atoms with E-state index < -0.39 is 5.54 Å². The van der Waals surface area contributed by atoms with Crippen molar-refractivity contribution in [1.82, 2.24) is 4.90 Å². The lowest BCUT2D eigenvalue weighted by molar-refractivity contribution is 0.0666. The number of Topliss-reactive ketones (excluding diaryl/α,β-unsaturated/α-hetero) is 1. The second kappa shape index (κ2) is 9.21. The Balaban J connectivity index is 1.88. The van der Waals surface area contributed by atoms with Crippen LogP contribution in [0.3, 0.4) is 0 Å². The van der Waals surface area contributed by atoms with Crippen molar-refractivity contribution in [2.45, 2.75) is 25.3 Å². The number of morpholine rings is 1. The SMILES string of the molecule is CCC(Cc1ccccc1Br)(C(=O)c1ccc(N2CCOCC2)cc1)N(C)C. The molecule has 1 heterocycles. The molecule has 2 aromatic rings. The van der Waals surface area contributed by atoms with Crippen molar-refractivity contribution in [2.75, 3.05) is 45.3 Å². The van der Waals surface area contributed by atoms with Crippen molar-refractivity contribution in [1.29, 1.82) is 0 Å². The van der Waals surface area contributed by atoms with Crippen LogP contribution in [0.4, 0.5) is 5.69 Å². The predicted octanol–water partition coefficient (Wildman–Crippen LogP) is 4.42. The molecule has 28 heavy (non-hydrogen) atoms. The average molecular weight is 445 g/mol. The van der Waals surface area contributed by atoms with Gasteiger partial charge in [-0.3, -0.25) is 9.69 Å². The molecular formula is C23H29BrN2O2. The molecule has 3 rings (SSSR count). The number of benzene rings is 2. The zero-order valence-electron chi connectivity index (χ0n) is 17.0. The van der Waals surface area contributed by atoms with Gasteiger partial charge >= 0.3 is 0 Å². The molecule has 4 nitrogen and oxygen atoms in total. The topological polar surface area (TPSA) is 32.8 Å². The summed E-state index contributed by atoms with van der Waals surface area (Å²) < 4.78 is 6.48. The summed E-state index contributed by atoms with van der Waals surface area (Å²) in [5, 5.41) is 0. The monoisotopic (exact) mass is 444 g/mol. The van der Waals surface area contributed by atoms with Gasteiger partial charge in [0.15, 0.2) is 5.78 Å². The zero-order valence-corrected chi connectivity index (χ0v) is 18.5. The van der Waals surface area contributed by atoms with Crippen LogP contribution in [0.2, 0.25) is 0 Å². The average Bonchev–Trinajstić information content (AvgIpc) is 2.73. The van der Waals surface area contributed by atoms with Gasteiger partial charge in [-0.15, -0.1) is 0 Å². The number of carbonyl (C=O) groups excluding carboxylic acids is 1. The van der Waals surface area contributed by atoms with Crippen LogP contribution in [0.1, 0.15) is 29.3 Å². The molecule has 1 atom stereocenters. The van der Waals surface area contributed by atoms with Gasteiger partial charge in [0.1, 0.15) is 0 Å². The summed E-state index contributed by atoms with van der Waals surface area (Å²) in [7, 11) is 4.00. The number of hydrogen-bond donors (Lipinski definition) is 0. The quantitative estimate of drug-likeness (QED) is 0.591. The Morgan fingerprint density at radius 3 is 2.32 bits per heavy atom. The number of carbonyl (C=O) groups is 1. The van der Waals surface area contributed by atoms with Crippen LogP contribution in [0.5, 0.6) is 0 Å². The fraction of sp³-hybridized carbons (Fsp3) is 0.435. The normalized spacial score (nSPS) is 16.8. The van der Waals surface area contributed by atoms with Gasteiger partial charge in [0, 0.05) is 28.8 Å². The second-order valence-electron chi connectivity index (χ2n) is 7.52. The first-order valence-corrected chi connectivity index (χ1v) is 10.7. The van der Waals surface area contributed by atoms with Gasteiger partial charge in [0.2, 0.25) is 0 Å². The van der Waals surface area contributed by atoms with Gasteiger partial charge in [0.25, 0.3) is 0 Å². The highest BCUT2D eigenvalue weighted by atomic mass is 79.9. The third-order valence-corrected chi connectivity index (χ3v) is 6.58. The van der Waals surface area contributed by atoms with Crippen LogP contribution in [-0.4, -0.2) is 56.6 Å². The van der Waals surface area contributed by atoms with E-state index in [0.717, 1.165) is 54.0 Å². The van der Waals surface area contributed by atoms with Crippen LogP contribution in [0.25, 0.3) is 0 Å². The molecule has 2 aromatic carbocycles. The fourth-order valence-electron chi connectivity index (χ4n) is 3.91. The molecule has 0 amide bonds. The lowest BCUT2D eigenvalue weighted by atomic mass is 9.80. The molecule has 0 aromatic heterocycles. The number of rotatable bonds is 7. The summed E-state index contributed by atoms with van der Waals surface area (Å²) >= 11 is 3.64. The minimum Gasteiger partial charge on any atom is -0.378 e. The molecule has 1 unspecified atom stereocenters. The summed E-state index contributed by atoms with van der Waals surface area (Å²) in [5.74, 6) is 0.171. The first-order chi connectivity index (χ1) is 13.5. The summed E-state index contributed by atoms with van der Waals surface area (Å²) in [6, 6.07) is 16.2. The molecule has 0 saturated carbocycles. The predicted molar refractivity (Wildman–Crippen MR) is 118 cm³/mol. The van der Waals surface area contributed by atoms with Crippen molar-refractivity contribution in [3.8, 4) is 0 Å². The van der Waals surface area contributed by atoms with Gasteiger partial charge in [-0.2, -0.15) is 0 Å². The molecule has 0 spiro atoms. The maximum absolute atomic E-state index is 13.7. The van der Waals surface area contributed by atoms with Gasteiger partial charge in [-0.1, -0.05) is 41.1 Å². The highest BCUT2D eigenvalue weighted by Crippen LogP contribution is 2.31. The van der Waals surface area contributed by atoms with E-state index in [4.69, 9.17) is 4.74 Å². The molecule has 150 valence electrons. The smallest absolute Gasteiger partial charge is 0.183 e. The van der Waals surface area contributed by atoms with Crippen molar-refractivity contribution in [3.05, 3.63) is 64.1 Å². The van der Waals surface area contributed by atoms with E-state index in [9.17, 15) is 4.79 Å². The highest BCUT2D eigenvalue weighted by Gasteiger charge is 2.39. The summed E-state index contributed by atoms with van der Waals surface area (Å²) in [6.45, 7) is 5.40. The minimum absolute atomic E-state index is 0.171. The Morgan fingerprint density at radius 1 is 1.11 bits per heavy atom. The standard InChI is InChI=1S/C23H29BrN2O2/c1-4-23(25(2)3,17-19-7-5-6-8-21(19)24)22(27)18-9-11-20(12-10-18)26-13-15-28-16-14-26/h5-12H,4,13-17H2,1-3H3. The van der Waals surface area contributed by atoms with Gasteiger partial charge in [-0.25, -0.2) is 0 Å². The summed E-state index contributed by atoms with van der Waals surface area (Å²) in [5.41, 5.74) is 2.48. The van der Waals surface area contributed by atoms with Crippen molar-refractivity contribution in [2.24, 2.45) is 0 Å². The largest absolute Gasteiger partial charge is 0.378 e. The summed E-state index contributed by atoms with van der Waals surface area (Å²) in [4.78, 5) is 18.0. The number of likely N-dealkylation sites (N-methyl/N-ethyl adjacent to an activating group) is 1. The van der Waals surface area contributed by atoms with E-state index in [1.807, 2.05) is 44.4 Å². The number of nitrogens with zero attached hydrogens (tertiary/aromatic N) is 2. The zero-order chi connectivity index (χ0) is 20.1. The molecule has 0 aliphatic carbocycles. The molecule has 0 radical (unpaired) electrons. The van der Waals surface area contributed by atoms with E-state index in [1.165, 1.54) is 0 Å². The lowest BCUT2D eigenvalue weighted by Gasteiger charge is -2.38.